The zero-order valence-corrected chi connectivity index (χ0v) is 15.4. The van der Waals surface area contributed by atoms with E-state index in [0.29, 0.717) is 24.5 Å². The number of quaternary nitrogens is 1. The van der Waals surface area contributed by atoms with Crippen LogP contribution in [0.5, 0.6) is 0 Å². The molecule has 2 aromatic rings. The summed E-state index contributed by atoms with van der Waals surface area (Å²) in [6.45, 7) is 8.85. The van der Waals surface area contributed by atoms with Gasteiger partial charge in [-0.25, -0.2) is 4.79 Å². The normalized spacial score (nSPS) is 15.4. The maximum atomic E-state index is 12.0. The van der Waals surface area contributed by atoms with Gasteiger partial charge >= 0.3 is 5.97 Å². The van der Waals surface area contributed by atoms with Crippen molar-refractivity contribution in [1.29, 1.82) is 0 Å². The number of esters is 1. The van der Waals surface area contributed by atoms with E-state index in [1.54, 1.807) is 19.3 Å². The molecule has 0 aliphatic carbocycles. The molecule has 1 saturated heterocycles. The molecule has 1 fully saturated rings. The van der Waals surface area contributed by atoms with Gasteiger partial charge in [0.2, 0.25) is 0 Å². The summed E-state index contributed by atoms with van der Waals surface area (Å²) in [5, 5.41) is 0.769. The van der Waals surface area contributed by atoms with Gasteiger partial charge in [-0.2, -0.15) is 0 Å². The Morgan fingerprint density at radius 2 is 2.08 bits per heavy atom. The first-order chi connectivity index (χ1) is 12.1. The fraction of sp³-hybridized carbons (Fsp3) is 0.421. The average Bonchev–Trinajstić information content (AvgIpc) is 3.06. The van der Waals surface area contributed by atoms with Crippen LogP contribution in [-0.2, 0) is 11.3 Å². The molecule has 0 unspecified atom stereocenters. The van der Waals surface area contributed by atoms with Gasteiger partial charge in [-0.05, 0) is 37.6 Å². The van der Waals surface area contributed by atoms with E-state index < -0.39 is 0 Å². The molecule has 0 saturated carbocycles. The number of halogens is 1. The number of benzene rings is 1. The molecule has 0 bridgehead atoms. The number of ether oxygens (including phenoxy) is 1. The Hall–Kier alpha value is -1.98. The van der Waals surface area contributed by atoms with E-state index in [1.165, 1.54) is 16.2 Å². The van der Waals surface area contributed by atoms with Gasteiger partial charge in [-0.15, -0.1) is 0 Å². The summed E-state index contributed by atoms with van der Waals surface area (Å²) in [7, 11) is 0. The zero-order valence-electron chi connectivity index (χ0n) is 14.7. The highest BCUT2D eigenvalue weighted by atomic mass is 35.5. The van der Waals surface area contributed by atoms with Crippen molar-refractivity contribution >= 4 is 23.3 Å². The van der Waals surface area contributed by atoms with Crippen molar-refractivity contribution in [1.82, 2.24) is 0 Å². The molecule has 1 aromatic heterocycles. The van der Waals surface area contributed by atoms with Gasteiger partial charge in [0.05, 0.1) is 39.0 Å². The Kier molecular flexibility index (Phi) is 5.66. The third-order valence-corrected chi connectivity index (χ3v) is 4.87. The molecule has 1 aliphatic rings. The number of carbonyl (C=O) groups is 1. The monoisotopic (exact) mass is 363 g/mol. The zero-order chi connectivity index (χ0) is 17.8. The van der Waals surface area contributed by atoms with Crippen molar-refractivity contribution in [2.45, 2.75) is 20.4 Å². The number of nitrogens with zero attached hydrogens (tertiary/aromatic N) is 1. The molecule has 1 aromatic carbocycles. The van der Waals surface area contributed by atoms with Crippen LogP contribution in [0.3, 0.4) is 0 Å². The molecule has 25 heavy (non-hydrogen) atoms. The third-order valence-electron chi connectivity index (χ3n) is 4.63. The number of aryl methyl sites for hydroxylation is 1. The maximum Gasteiger partial charge on any atom is 0.341 e. The Balaban J connectivity index is 1.61. The lowest BCUT2D eigenvalue weighted by Gasteiger charge is -2.34. The van der Waals surface area contributed by atoms with Crippen LogP contribution in [-0.4, -0.2) is 38.8 Å². The van der Waals surface area contributed by atoms with Crippen molar-refractivity contribution in [2.75, 3.05) is 37.7 Å². The summed E-state index contributed by atoms with van der Waals surface area (Å²) in [6.07, 6.45) is 1.56. The number of hydrogen-bond acceptors (Lipinski definition) is 4. The van der Waals surface area contributed by atoms with E-state index in [1.807, 2.05) is 12.1 Å². The number of carbonyl (C=O) groups excluding carboxylic acids is 1. The second kappa shape index (κ2) is 7.93. The number of piperazine rings is 1. The van der Waals surface area contributed by atoms with Crippen LogP contribution in [0.1, 0.15) is 28.6 Å². The molecule has 6 heteroatoms. The van der Waals surface area contributed by atoms with Crippen LogP contribution in [0, 0.1) is 6.92 Å². The van der Waals surface area contributed by atoms with Crippen LogP contribution < -0.4 is 9.80 Å². The van der Waals surface area contributed by atoms with E-state index in [-0.39, 0.29) is 5.97 Å². The first-order valence-electron chi connectivity index (χ1n) is 8.66. The average molecular weight is 364 g/mol. The molecule has 3 rings (SSSR count). The maximum absolute atomic E-state index is 12.0. The van der Waals surface area contributed by atoms with E-state index in [9.17, 15) is 4.79 Å². The fourth-order valence-corrected chi connectivity index (χ4v) is 3.43. The molecule has 1 aliphatic heterocycles. The lowest BCUT2D eigenvalue weighted by atomic mass is 10.1. The number of nitrogens with one attached hydrogen (secondary N) is 1. The molecule has 0 spiro atoms. The molecular formula is C19H24ClN2O3+. The first-order valence-corrected chi connectivity index (χ1v) is 9.04. The second-order valence-electron chi connectivity index (χ2n) is 6.32. The largest absolute Gasteiger partial charge is 0.462 e. The molecule has 0 amide bonds. The van der Waals surface area contributed by atoms with Crippen molar-refractivity contribution in [3.8, 4) is 0 Å². The molecule has 0 atom stereocenters. The number of anilines is 1. The Labute approximate surface area is 153 Å². The van der Waals surface area contributed by atoms with Gasteiger partial charge < -0.3 is 19.0 Å². The molecular weight excluding hydrogens is 340 g/mol. The van der Waals surface area contributed by atoms with E-state index in [0.717, 1.165) is 31.2 Å². The molecule has 134 valence electrons. The van der Waals surface area contributed by atoms with Gasteiger partial charge in [-0.3, -0.25) is 0 Å². The topological polar surface area (TPSA) is 47.1 Å². The predicted molar refractivity (Wildman–Crippen MR) is 97.5 cm³/mol. The van der Waals surface area contributed by atoms with Crippen molar-refractivity contribution < 1.29 is 18.8 Å². The summed E-state index contributed by atoms with van der Waals surface area (Å²) in [4.78, 5) is 15.7. The van der Waals surface area contributed by atoms with Crippen LogP contribution in [0.2, 0.25) is 5.02 Å². The highest BCUT2D eigenvalue weighted by molar-refractivity contribution is 6.30. The SMILES string of the molecule is CCOC(=O)c1ccoc1C[NH+]1CCN(c2cc(Cl)ccc2C)CC1. The standard InChI is InChI=1S/C19H23ClN2O3/c1-3-24-19(23)16-6-11-25-18(16)13-21-7-9-22(10-8-21)17-12-15(20)5-4-14(17)2/h4-6,11-12H,3,7-10,13H2,1-2H3/p+1. The van der Waals surface area contributed by atoms with Crippen molar-refractivity contribution in [2.24, 2.45) is 0 Å². The molecule has 0 radical (unpaired) electrons. The van der Waals surface area contributed by atoms with Crippen molar-refractivity contribution in [3.63, 3.8) is 0 Å². The summed E-state index contributed by atoms with van der Waals surface area (Å²) in [5.41, 5.74) is 2.99. The summed E-state index contributed by atoms with van der Waals surface area (Å²) >= 11 is 6.14. The summed E-state index contributed by atoms with van der Waals surface area (Å²) in [6, 6.07) is 7.71. The van der Waals surface area contributed by atoms with Crippen molar-refractivity contribution in [3.05, 3.63) is 52.4 Å². The van der Waals surface area contributed by atoms with Gasteiger partial charge in [0.25, 0.3) is 0 Å². The lowest BCUT2D eigenvalue weighted by molar-refractivity contribution is -0.915. The Morgan fingerprint density at radius 3 is 2.80 bits per heavy atom. The first kappa shape index (κ1) is 17.8. The van der Waals surface area contributed by atoms with E-state index >= 15 is 0 Å². The highest BCUT2D eigenvalue weighted by Crippen LogP contribution is 2.24. The summed E-state index contributed by atoms with van der Waals surface area (Å²) < 4.78 is 10.6. The number of rotatable bonds is 5. The fourth-order valence-electron chi connectivity index (χ4n) is 3.26. The van der Waals surface area contributed by atoms with Gasteiger partial charge in [-0.1, -0.05) is 17.7 Å². The summed E-state index contributed by atoms with van der Waals surface area (Å²) in [5.74, 6) is 0.402. The van der Waals surface area contributed by atoms with Crippen LogP contribution >= 0.6 is 11.6 Å². The smallest absolute Gasteiger partial charge is 0.341 e. The Bertz CT molecular complexity index is 736. The molecule has 1 N–H and O–H groups in total. The van der Waals surface area contributed by atoms with Gasteiger partial charge in [0, 0.05) is 10.7 Å². The van der Waals surface area contributed by atoms with E-state index in [4.69, 9.17) is 20.8 Å². The molecule has 2 heterocycles. The predicted octanol–water partition coefficient (Wildman–Crippen LogP) is 2.32. The van der Waals surface area contributed by atoms with Gasteiger partial charge in [0.1, 0.15) is 12.1 Å². The minimum atomic E-state index is -0.307. The van der Waals surface area contributed by atoms with Crippen LogP contribution in [0.4, 0.5) is 5.69 Å². The molecule has 5 nitrogen and oxygen atoms in total. The van der Waals surface area contributed by atoms with Gasteiger partial charge in [0.15, 0.2) is 5.76 Å². The highest BCUT2D eigenvalue weighted by Gasteiger charge is 2.25. The van der Waals surface area contributed by atoms with Crippen LogP contribution in [0.15, 0.2) is 34.9 Å². The van der Waals surface area contributed by atoms with Crippen LogP contribution in [0.25, 0.3) is 0 Å². The van der Waals surface area contributed by atoms with E-state index in [2.05, 4.69) is 17.9 Å². The minimum absolute atomic E-state index is 0.307. The lowest BCUT2D eigenvalue weighted by Crippen LogP contribution is -3.13. The minimum Gasteiger partial charge on any atom is -0.462 e. The number of hydrogen-bond donors (Lipinski definition) is 1. The quantitative estimate of drug-likeness (QED) is 0.828. The Morgan fingerprint density at radius 1 is 1.32 bits per heavy atom. The second-order valence-corrected chi connectivity index (χ2v) is 6.76. The number of furan rings is 1. The third kappa shape index (κ3) is 4.17.